The minimum Gasteiger partial charge on any atom is -0.485 e. The monoisotopic (exact) mass is 247 g/mol. The van der Waals surface area contributed by atoms with Crippen LogP contribution in [-0.4, -0.2) is 23.3 Å². The first-order chi connectivity index (χ1) is 8.86. The summed E-state index contributed by atoms with van der Waals surface area (Å²) >= 11 is 0. The fourth-order valence-electron chi connectivity index (χ4n) is 1.74. The molecule has 1 unspecified atom stereocenters. The van der Waals surface area contributed by atoms with Crippen LogP contribution in [0, 0.1) is 0 Å². The zero-order valence-corrected chi connectivity index (χ0v) is 9.92. The predicted octanol–water partition coefficient (Wildman–Crippen LogP) is 2.01. The summed E-state index contributed by atoms with van der Waals surface area (Å²) in [5.74, 6) is 1.92. The molecule has 0 spiro atoms. The van der Waals surface area contributed by atoms with Gasteiger partial charge in [0.25, 0.3) is 0 Å². The molecule has 1 aromatic heterocycles. The smallest absolute Gasteiger partial charge is 0.321 e. The van der Waals surface area contributed by atoms with E-state index in [0.717, 1.165) is 12.3 Å². The van der Waals surface area contributed by atoms with Gasteiger partial charge in [0.1, 0.15) is 6.61 Å². The maximum Gasteiger partial charge on any atom is 0.321 e. The van der Waals surface area contributed by atoms with Gasteiger partial charge in [-0.1, -0.05) is 17.3 Å². The molecule has 6 nitrogen and oxygen atoms in total. The van der Waals surface area contributed by atoms with Crippen LogP contribution >= 0.6 is 0 Å². The first-order valence-corrected chi connectivity index (χ1v) is 5.83. The van der Waals surface area contributed by atoms with Crippen molar-refractivity contribution in [2.75, 3.05) is 18.5 Å². The highest BCUT2D eigenvalue weighted by Gasteiger charge is 2.26. The SMILES string of the molecule is CCNc1nc(C2COc3ccccc3O2)no1. The predicted molar refractivity (Wildman–Crippen MR) is 63.8 cm³/mol. The average molecular weight is 247 g/mol. The van der Waals surface area contributed by atoms with E-state index in [-0.39, 0.29) is 6.10 Å². The van der Waals surface area contributed by atoms with Crippen molar-refractivity contribution >= 4 is 6.01 Å². The topological polar surface area (TPSA) is 69.4 Å². The average Bonchev–Trinajstić information content (AvgIpc) is 2.87. The molecule has 1 aliphatic heterocycles. The second kappa shape index (κ2) is 4.56. The van der Waals surface area contributed by atoms with E-state index in [1.54, 1.807) is 0 Å². The largest absolute Gasteiger partial charge is 0.485 e. The highest BCUT2D eigenvalue weighted by molar-refractivity contribution is 5.41. The van der Waals surface area contributed by atoms with Crippen LogP contribution in [0.4, 0.5) is 6.01 Å². The summed E-state index contributed by atoms with van der Waals surface area (Å²) in [4.78, 5) is 4.20. The fourth-order valence-corrected chi connectivity index (χ4v) is 1.74. The first kappa shape index (κ1) is 10.9. The third-order valence-corrected chi connectivity index (χ3v) is 2.57. The number of benzene rings is 1. The molecule has 6 heteroatoms. The number of aromatic nitrogens is 2. The normalized spacial score (nSPS) is 17.5. The van der Waals surface area contributed by atoms with Gasteiger partial charge in [0.2, 0.25) is 5.82 Å². The highest BCUT2D eigenvalue weighted by Crippen LogP contribution is 2.35. The van der Waals surface area contributed by atoms with Gasteiger partial charge in [0.05, 0.1) is 0 Å². The summed E-state index contributed by atoms with van der Waals surface area (Å²) in [7, 11) is 0. The van der Waals surface area contributed by atoms with Crippen molar-refractivity contribution in [1.29, 1.82) is 0 Å². The molecule has 0 saturated heterocycles. The van der Waals surface area contributed by atoms with Crippen molar-refractivity contribution in [3.05, 3.63) is 30.1 Å². The molecule has 1 N–H and O–H groups in total. The zero-order valence-electron chi connectivity index (χ0n) is 9.92. The van der Waals surface area contributed by atoms with Gasteiger partial charge >= 0.3 is 6.01 Å². The van der Waals surface area contributed by atoms with Gasteiger partial charge in [-0.05, 0) is 19.1 Å². The van der Waals surface area contributed by atoms with Gasteiger partial charge in [-0.25, -0.2) is 0 Å². The van der Waals surface area contributed by atoms with Gasteiger partial charge < -0.3 is 19.3 Å². The molecular weight excluding hydrogens is 234 g/mol. The second-order valence-electron chi connectivity index (χ2n) is 3.85. The number of anilines is 1. The van der Waals surface area contributed by atoms with Crippen LogP contribution in [0.3, 0.4) is 0 Å². The summed E-state index contributed by atoms with van der Waals surface area (Å²) in [5.41, 5.74) is 0. The van der Waals surface area contributed by atoms with Crippen LogP contribution in [0.15, 0.2) is 28.8 Å². The molecule has 1 aromatic carbocycles. The van der Waals surface area contributed by atoms with E-state index in [1.165, 1.54) is 0 Å². The molecule has 0 aliphatic carbocycles. The number of hydrogen-bond acceptors (Lipinski definition) is 6. The van der Waals surface area contributed by atoms with Crippen molar-refractivity contribution in [2.45, 2.75) is 13.0 Å². The summed E-state index contributed by atoms with van der Waals surface area (Å²) < 4.78 is 16.4. The molecule has 0 radical (unpaired) electrons. The molecule has 3 rings (SSSR count). The maximum absolute atomic E-state index is 5.77. The standard InChI is InChI=1S/C12H13N3O3/c1-2-13-12-14-11(15-18-12)10-7-16-8-5-3-4-6-9(8)17-10/h3-6,10H,2,7H2,1H3,(H,13,14,15). The number of hydrogen-bond donors (Lipinski definition) is 1. The van der Waals surface area contributed by atoms with E-state index in [2.05, 4.69) is 15.5 Å². The van der Waals surface area contributed by atoms with Crippen LogP contribution in [0.5, 0.6) is 11.5 Å². The molecule has 18 heavy (non-hydrogen) atoms. The lowest BCUT2D eigenvalue weighted by molar-refractivity contribution is 0.0832. The Balaban J connectivity index is 1.78. The molecule has 0 bridgehead atoms. The molecule has 2 heterocycles. The fraction of sp³-hybridized carbons (Fsp3) is 0.333. The van der Waals surface area contributed by atoms with Gasteiger partial charge in [-0.3, -0.25) is 0 Å². The Bertz CT molecular complexity index is 541. The molecule has 2 aromatic rings. The minimum absolute atomic E-state index is 0.337. The highest BCUT2D eigenvalue weighted by atomic mass is 16.6. The Hall–Kier alpha value is -2.24. The molecule has 0 fully saturated rings. The molecule has 1 atom stereocenters. The Morgan fingerprint density at radius 1 is 1.33 bits per heavy atom. The van der Waals surface area contributed by atoms with Crippen molar-refractivity contribution < 1.29 is 14.0 Å². The number of para-hydroxylation sites is 2. The Morgan fingerprint density at radius 2 is 2.17 bits per heavy atom. The number of nitrogens with one attached hydrogen (secondary N) is 1. The zero-order chi connectivity index (χ0) is 12.4. The van der Waals surface area contributed by atoms with E-state index < -0.39 is 0 Å². The van der Waals surface area contributed by atoms with Crippen LogP contribution < -0.4 is 14.8 Å². The number of nitrogens with zero attached hydrogens (tertiary/aromatic N) is 2. The number of fused-ring (bicyclic) bond motifs is 1. The van der Waals surface area contributed by atoms with Gasteiger partial charge in [-0.2, -0.15) is 4.98 Å². The number of rotatable bonds is 3. The lowest BCUT2D eigenvalue weighted by atomic mass is 10.2. The van der Waals surface area contributed by atoms with Gasteiger partial charge in [0.15, 0.2) is 17.6 Å². The van der Waals surface area contributed by atoms with Crippen molar-refractivity contribution in [3.63, 3.8) is 0 Å². The van der Waals surface area contributed by atoms with Gasteiger partial charge in [0, 0.05) is 6.54 Å². The van der Waals surface area contributed by atoms with Crippen molar-refractivity contribution in [2.24, 2.45) is 0 Å². The lowest BCUT2D eigenvalue weighted by Crippen LogP contribution is -2.22. The van der Waals surface area contributed by atoms with E-state index in [9.17, 15) is 0 Å². The molecule has 0 amide bonds. The van der Waals surface area contributed by atoms with E-state index in [1.807, 2.05) is 31.2 Å². The van der Waals surface area contributed by atoms with E-state index >= 15 is 0 Å². The van der Waals surface area contributed by atoms with Gasteiger partial charge in [-0.15, -0.1) is 0 Å². The van der Waals surface area contributed by atoms with E-state index in [0.29, 0.717) is 24.2 Å². The molecule has 0 saturated carbocycles. The van der Waals surface area contributed by atoms with Crippen LogP contribution in [0.25, 0.3) is 0 Å². The quantitative estimate of drug-likeness (QED) is 0.894. The molecule has 1 aliphatic rings. The Kier molecular flexibility index (Phi) is 2.76. The second-order valence-corrected chi connectivity index (χ2v) is 3.85. The first-order valence-electron chi connectivity index (χ1n) is 5.83. The lowest BCUT2D eigenvalue weighted by Gasteiger charge is -2.24. The van der Waals surface area contributed by atoms with Crippen molar-refractivity contribution in [3.8, 4) is 11.5 Å². The Labute approximate surface area is 104 Å². The van der Waals surface area contributed by atoms with Crippen LogP contribution in [0.1, 0.15) is 18.9 Å². The number of ether oxygens (including phenoxy) is 2. The molecular formula is C12H13N3O3. The summed E-state index contributed by atoms with van der Waals surface area (Å²) in [6.07, 6.45) is -0.337. The third kappa shape index (κ3) is 1.97. The van der Waals surface area contributed by atoms with Crippen molar-refractivity contribution in [1.82, 2.24) is 10.1 Å². The van der Waals surface area contributed by atoms with Crippen LogP contribution in [-0.2, 0) is 0 Å². The molecule has 94 valence electrons. The summed E-state index contributed by atoms with van der Waals surface area (Å²) in [6, 6.07) is 7.92. The summed E-state index contributed by atoms with van der Waals surface area (Å²) in [5, 5.41) is 6.83. The maximum atomic E-state index is 5.77. The third-order valence-electron chi connectivity index (χ3n) is 2.57. The van der Waals surface area contributed by atoms with Crippen LogP contribution in [0.2, 0.25) is 0 Å². The van der Waals surface area contributed by atoms with E-state index in [4.69, 9.17) is 14.0 Å². The summed E-state index contributed by atoms with van der Waals surface area (Å²) in [6.45, 7) is 3.06. The Morgan fingerprint density at radius 3 is 3.00 bits per heavy atom. The minimum atomic E-state index is -0.337.